The van der Waals surface area contributed by atoms with Gasteiger partial charge in [-0.25, -0.2) is 14.6 Å². The Hall–Kier alpha value is -2.24. The van der Waals surface area contributed by atoms with Crippen LogP contribution in [0, 0.1) is 12.3 Å². The molecule has 6 heteroatoms. The van der Waals surface area contributed by atoms with Crippen LogP contribution in [0.15, 0.2) is 48.5 Å². The van der Waals surface area contributed by atoms with Crippen LogP contribution in [0.1, 0.15) is 5.56 Å². The van der Waals surface area contributed by atoms with E-state index in [-0.39, 0.29) is 16.9 Å². The normalized spacial score (nSPS) is 14.9. The molecule has 0 atom stereocenters. The third-order valence-electron chi connectivity index (χ3n) is 3.39. The summed E-state index contributed by atoms with van der Waals surface area (Å²) in [4.78, 5) is 15.5. The number of hydrogen-bond acceptors (Lipinski definition) is 3. The van der Waals surface area contributed by atoms with Crippen molar-refractivity contribution in [2.75, 3.05) is 9.80 Å². The number of aryl methyl sites for hydroxylation is 1. The highest BCUT2D eigenvalue weighted by molar-refractivity contribution is 7.82. The Labute approximate surface area is 138 Å². The fourth-order valence-corrected chi connectivity index (χ4v) is 2.64. The van der Waals surface area contributed by atoms with Crippen molar-refractivity contribution in [1.29, 1.82) is 5.41 Å². The highest BCUT2D eigenvalue weighted by atomic mass is 35.5. The third kappa shape index (κ3) is 2.38. The monoisotopic (exact) mass is 329 g/mol. The number of hydrogen-bond donors (Lipinski definition) is 1. The molecule has 2 aromatic rings. The van der Waals surface area contributed by atoms with Crippen molar-refractivity contribution in [3.05, 3.63) is 59.1 Å². The summed E-state index contributed by atoms with van der Waals surface area (Å²) in [7, 11) is 0. The highest BCUT2D eigenvalue weighted by Crippen LogP contribution is 2.28. The SMILES string of the molecule is Cc1ccc(N2C(=N)C(=S)N(c3ccc(Cl)cc3)C2=O)cc1. The largest absolute Gasteiger partial charge is 0.340 e. The van der Waals surface area contributed by atoms with Crippen LogP contribution in [0.25, 0.3) is 0 Å². The van der Waals surface area contributed by atoms with E-state index in [1.807, 2.05) is 19.1 Å². The minimum absolute atomic E-state index is 0.00111. The van der Waals surface area contributed by atoms with Gasteiger partial charge >= 0.3 is 6.03 Å². The first-order valence-electron chi connectivity index (χ1n) is 6.58. The van der Waals surface area contributed by atoms with E-state index in [0.29, 0.717) is 16.4 Å². The number of carbonyl (C=O) groups excluding carboxylic acids is 1. The first kappa shape index (κ1) is 14.7. The number of thiocarbonyl (C=S) groups is 1. The average molecular weight is 330 g/mol. The maximum absolute atomic E-state index is 12.7. The molecular formula is C16H12ClN3OS. The van der Waals surface area contributed by atoms with Crippen molar-refractivity contribution < 1.29 is 4.79 Å². The van der Waals surface area contributed by atoms with E-state index in [9.17, 15) is 4.79 Å². The van der Waals surface area contributed by atoms with Gasteiger partial charge in [0.15, 0.2) is 10.8 Å². The smallest absolute Gasteiger partial charge is 0.281 e. The molecule has 0 saturated carbocycles. The first-order chi connectivity index (χ1) is 10.5. The molecule has 1 saturated heterocycles. The Kier molecular flexibility index (Phi) is 3.68. The molecule has 3 rings (SSSR count). The Morgan fingerprint density at radius 2 is 1.45 bits per heavy atom. The molecule has 1 heterocycles. The number of rotatable bonds is 2. The van der Waals surface area contributed by atoms with Gasteiger partial charge in [0.2, 0.25) is 0 Å². The van der Waals surface area contributed by atoms with E-state index >= 15 is 0 Å². The average Bonchev–Trinajstić information content (AvgIpc) is 2.72. The number of anilines is 2. The predicted molar refractivity (Wildman–Crippen MR) is 93.3 cm³/mol. The molecule has 1 aliphatic heterocycles. The molecule has 4 nitrogen and oxygen atoms in total. The Balaban J connectivity index is 2.00. The van der Waals surface area contributed by atoms with Crippen molar-refractivity contribution in [3.8, 4) is 0 Å². The van der Waals surface area contributed by atoms with E-state index in [4.69, 9.17) is 29.2 Å². The maximum Gasteiger partial charge on any atom is 0.340 e. The fraction of sp³-hybridized carbons (Fsp3) is 0.0625. The number of carbonyl (C=O) groups is 1. The maximum atomic E-state index is 12.7. The number of nitrogens with zero attached hydrogens (tertiary/aromatic N) is 2. The van der Waals surface area contributed by atoms with Crippen molar-refractivity contribution in [1.82, 2.24) is 0 Å². The number of nitrogens with one attached hydrogen (secondary N) is 1. The van der Waals surface area contributed by atoms with Gasteiger partial charge in [-0.05, 0) is 43.3 Å². The number of amides is 2. The Bertz CT molecular complexity index is 705. The van der Waals surface area contributed by atoms with Crippen LogP contribution in [0.5, 0.6) is 0 Å². The summed E-state index contributed by atoms with van der Waals surface area (Å²) in [5.74, 6) is -0.00111. The quantitative estimate of drug-likeness (QED) is 0.830. The van der Waals surface area contributed by atoms with Gasteiger partial charge in [0.25, 0.3) is 0 Å². The second-order valence-corrected chi connectivity index (χ2v) is 5.74. The summed E-state index contributed by atoms with van der Waals surface area (Å²) < 4.78 is 0. The molecule has 110 valence electrons. The van der Waals surface area contributed by atoms with Gasteiger partial charge in [-0.2, -0.15) is 0 Å². The van der Waals surface area contributed by atoms with Gasteiger partial charge in [0.1, 0.15) is 0 Å². The van der Waals surface area contributed by atoms with Crippen LogP contribution in [-0.2, 0) is 0 Å². The van der Waals surface area contributed by atoms with Gasteiger partial charge in [-0.1, -0.05) is 41.5 Å². The second-order valence-electron chi connectivity index (χ2n) is 4.92. The van der Waals surface area contributed by atoms with Crippen LogP contribution < -0.4 is 9.80 Å². The number of urea groups is 1. The summed E-state index contributed by atoms with van der Waals surface area (Å²) >= 11 is 11.1. The summed E-state index contributed by atoms with van der Waals surface area (Å²) in [6.07, 6.45) is 0. The van der Waals surface area contributed by atoms with Gasteiger partial charge in [-0.3, -0.25) is 5.41 Å². The van der Waals surface area contributed by atoms with Crippen LogP contribution in [0.3, 0.4) is 0 Å². The van der Waals surface area contributed by atoms with Crippen molar-refractivity contribution in [3.63, 3.8) is 0 Å². The standard InChI is InChI=1S/C16H12ClN3OS/c1-10-2-6-12(7-3-10)19-14(18)15(22)20(16(19)21)13-8-4-11(17)5-9-13/h2-9,18H,1H3. The van der Waals surface area contributed by atoms with Crippen molar-refractivity contribution in [2.24, 2.45) is 0 Å². The highest BCUT2D eigenvalue weighted by Gasteiger charge is 2.40. The lowest BCUT2D eigenvalue weighted by atomic mass is 10.2. The minimum Gasteiger partial charge on any atom is -0.281 e. The van der Waals surface area contributed by atoms with Crippen LogP contribution in [0.2, 0.25) is 5.02 Å². The van der Waals surface area contributed by atoms with Gasteiger partial charge in [0, 0.05) is 5.02 Å². The molecule has 22 heavy (non-hydrogen) atoms. The Morgan fingerprint density at radius 3 is 2.05 bits per heavy atom. The van der Waals surface area contributed by atoms with E-state index in [2.05, 4.69) is 0 Å². The Morgan fingerprint density at radius 1 is 0.955 bits per heavy atom. The minimum atomic E-state index is -0.360. The molecule has 0 unspecified atom stereocenters. The lowest BCUT2D eigenvalue weighted by Gasteiger charge is -2.17. The van der Waals surface area contributed by atoms with E-state index in [1.165, 1.54) is 9.80 Å². The number of amidine groups is 1. The number of halogens is 1. The van der Waals surface area contributed by atoms with Crippen molar-refractivity contribution >= 4 is 52.0 Å². The molecular weight excluding hydrogens is 318 g/mol. The molecule has 1 N–H and O–H groups in total. The molecule has 2 aromatic carbocycles. The second kappa shape index (κ2) is 5.51. The molecule has 2 amide bonds. The van der Waals surface area contributed by atoms with Gasteiger partial charge in [-0.15, -0.1) is 0 Å². The zero-order valence-electron chi connectivity index (χ0n) is 11.7. The summed E-state index contributed by atoms with van der Waals surface area (Å²) in [6, 6.07) is 13.8. The molecule has 0 radical (unpaired) electrons. The van der Waals surface area contributed by atoms with Gasteiger partial charge in [0.05, 0.1) is 11.4 Å². The van der Waals surface area contributed by atoms with Gasteiger partial charge < -0.3 is 0 Å². The summed E-state index contributed by atoms with van der Waals surface area (Å²) in [6.45, 7) is 1.96. The topological polar surface area (TPSA) is 47.4 Å². The fourth-order valence-electron chi connectivity index (χ4n) is 2.24. The van der Waals surface area contributed by atoms with Crippen molar-refractivity contribution in [2.45, 2.75) is 6.92 Å². The molecule has 1 fully saturated rings. The van der Waals surface area contributed by atoms with E-state index in [0.717, 1.165) is 5.56 Å². The van der Waals surface area contributed by atoms with Crippen LogP contribution >= 0.6 is 23.8 Å². The molecule has 1 aliphatic rings. The first-order valence-corrected chi connectivity index (χ1v) is 7.37. The zero-order valence-corrected chi connectivity index (χ0v) is 13.3. The van der Waals surface area contributed by atoms with E-state index in [1.54, 1.807) is 36.4 Å². The molecule has 0 aromatic heterocycles. The van der Waals surface area contributed by atoms with Crippen LogP contribution in [0.4, 0.5) is 16.2 Å². The van der Waals surface area contributed by atoms with E-state index < -0.39 is 0 Å². The van der Waals surface area contributed by atoms with Crippen LogP contribution in [-0.4, -0.2) is 16.9 Å². The summed E-state index contributed by atoms with van der Waals surface area (Å²) in [5, 5.41) is 8.73. The molecule has 0 bridgehead atoms. The summed E-state index contributed by atoms with van der Waals surface area (Å²) in [5.41, 5.74) is 2.30. The zero-order chi connectivity index (χ0) is 15.9. The molecule has 0 spiro atoms. The number of benzene rings is 2. The third-order valence-corrected chi connectivity index (χ3v) is 4.02. The molecule has 0 aliphatic carbocycles. The lowest BCUT2D eigenvalue weighted by Crippen LogP contribution is -2.33. The predicted octanol–water partition coefficient (Wildman–Crippen LogP) is 4.40. The lowest BCUT2D eigenvalue weighted by molar-refractivity contribution is 0.257.